The summed E-state index contributed by atoms with van der Waals surface area (Å²) >= 11 is 0. The highest BCUT2D eigenvalue weighted by molar-refractivity contribution is 5.23. The summed E-state index contributed by atoms with van der Waals surface area (Å²) in [6.45, 7) is 1.43. The number of para-hydroxylation sites is 1. The molecular formula is C12H14O3. The molecule has 0 saturated heterocycles. The van der Waals surface area contributed by atoms with Crippen LogP contribution in [0.25, 0.3) is 0 Å². The maximum atomic E-state index is 9.58. The number of hydrogen-bond donors (Lipinski definition) is 2. The van der Waals surface area contributed by atoms with Crippen LogP contribution in [0, 0.1) is 12.0 Å². The Morgan fingerprint density at radius 3 is 2.60 bits per heavy atom. The van der Waals surface area contributed by atoms with E-state index < -0.39 is 5.60 Å². The average Bonchev–Trinajstić information content (AvgIpc) is 2.19. The number of hydrogen-bond acceptors (Lipinski definition) is 3. The third-order valence-electron chi connectivity index (χ3n) is 1.83. The van der Waals surface area contributed by atoms with E-state index >= 15 is 0 Å². The van der Waals surface area contributed by atoms with Crippen LogP contribution in [0.15, 0.2) is 30.3 Å². The fraction of sp³-hybridized carbons (Fsp3) is 0.333. The lowest BCUT2D eigenvalue weighted by Gasteiger charge is -2.12. The van der Waals surface area contributed by atoms with Gasteiger partial charge in [0.1, 0.15) is 17.5 Å². The standard InChI is InChI=1S/C12H14O3/c1-12(14,7-9-13)8-10-15-11-5-3-2-4-6-11/h2-6,13-14H,7,9H2,1H3/t12-/m1/s1. The van der Waals surface area contributed by atoms with E-state index in [2.05, 4.69) is 12.0 Å². The van der Waals surface area contributed by atoms with Gasteiger partial charge in [-0.3, -0.25) is 0 Å². The molecule has 0 aliphatic carbocycles. The van der Waals surface area contributed by atoms with Crippen molar-refractivity contribution >= 4 is 0 Å². The molecule has 0 radical (unpaired) electrons. The van der Waals surface area contributed by atoms with Gasteiger partial charge >= 0.3 is 0 Å². The molecule has 1 aromatic carbocycles. The molecule has 0 spiro atoms. The van der Waals surface area contributed by atoms with Gasteiger partial charge in [0.25, 0.3) is 0 Å². The SMILES string of the molecule is C[C@](O)(C#COc1ccccc1)CCO. The van der Waals surface area contributed by atoms with E-state index in [0.29, 0.717) is 5.75 Å². The van der Waals surface area contributed by atoms with Crippen molar-refractivity contribution < 1.29 is 14.9 Å². The molecule has 0 saturated carbocycles. The molecule has 2 N–H and O–H groups in total. The molecule has 0 aromatic heterocycles. The molecule has 1 rings (SSSR count). The van der Waals surface area contributed by atoms with E-state index in [9.17, 15) is 5.11 Å². The number of aliphatic hydroxyl groups is 2. The van der Waals surface area contributed by atoms with E-state index in [1.165, 1.54) is 6.92 Å². The fourth-order valence-corrected chi connectivity index (χ4v) is 0.963. The van der Waals surface area contributed by atoms with Gasteiger partial charge in [-0.05, 0) is 25.0 Å². The first kappa shape index (κ1) is 11.6. The number of benzene rings is 1. The number of ether oxygens (including phenoxy) is 1. The molecule has 15 heavy (non-hydrogen) atoms. The third kappa shape index (κ3) is 4.50. The predicted octanol–water partition coefficient (Wildman–Crippen LogP) is 1.16. The summed E-state index contributed by atoms with van der Waals surface area (Å²) in [5.41, 5.74) is -1.20. The van der Waals surface area contributed by atoms with Gasteiger partial charge in [0.05, 0.1) is 0 Å². The average molecular weight is 206 g/mol. The number of aliphatic hydroxyl groups excluding tert-OH is 1. The highest BCUT2D eigenvalue weighted by Gasteiger charge is 2.15. The molecule has 3 nitrogen and oxygen atoms in total. The van der Waals surface area contributed by atoms with Crippen LogP contribution in [0.2, 0.25) is 0 Å². The normalized spacial score (nSPS) is 13.5. The third-order valence-corrected chi connectivity index (χ3v) is 1.83. The van der Waals surface area contributed by atoms with Crippen molar-refractivity contribution in [1.82, 2.24) is 0 Å². The van der Waals surface area contributed by atoms with E-state index in [0.717, 1.165) is 0 Å². The van der Waals surface area contributed by atoms with Crippen LogP contribution < -0.4 is 4.74 Å². The van der Waals surface area contributed by atoms with Crippen molar-refractivity contribution in [1.29, 1.82) is 0 Å². The molecule has 0 unspecified atom stereocenters. The van der Waals surface area contributed by atoms with Gasteiger partial charge in [0, 0.05) is 13.0 Å². The summed E-state index contributed by atoms with van der Waals surface area (Å²) in [6, 6.07) is 9.10. The van der Waals surface area contributed by atoms with Crippen molar-refractivity contribution in [2.45, 2.75) is 18.9 Å². The van der Waals surface area contributed by atoms with E-state index in [1.807, 2.05) is 18.2 Å². The van der Waals surface area contributed by atoms with Crippen LogP contribution in [0.1, 0.15) is 13.3 Å². The topological polar surface area (TPSA) is 49.7 Å². The summed E-state index contributed by atoms with van der Waals surface area (Å²) in [4.78, 5) is 0. The van der Waals surface area contributed by atoms with E-state index in [4.69, 9.17) is 9.84 Å². The molecule has 0 aliphatic heterocycles. The first-order valence-corrected chi connectivity index (χ1v) is 4.71. The van der Waals surface area contributed by atoms with Crippen LogP contribution >= 0.6 is 0 Å². The number of rotatable bonds is 3. The smallest absolute Gasteiger partial charge is 0.140 e. The van der Waals surface area contributed by atoms with Crippen LogP contribution in [-0.4, -0.2) is 22.4 Å². The second-order valence-electron chi connectivity index (χ2n) is 3.39. The quantitative estimate of drug-likeness (QED) is 0.730. The molecule has 1 atom stereocenters. The fourth-order valence-electron chi connectivity index (χ4n) is 0.963. The van der Waals surface area contributed by atoms with Gasteiger partial charge in [0.15, 0.2) is 0 Å². The van der Waals surface area contributed by atoms with Gasteiger partial charge < -0.3 is 14.9 Å². The molecule has 3 heteroatoms. The van der Waals surface area contributed by atoms with Crippen LogP contribution in [0.4, 0.5) is 0 Å². The Hall–Kier alpha value is -1.50. The first-order chi connectivity index (χ1) is 7.14. The minimum atomic E-state index is -1.20. The Morgan fingerprint density at radius 2 is 2.00 bits per heavy atom. The largest absolute Gasteiger partial charge is 0.407 e. The molecule has 1 aromatic rings. The Labute approximate surface area is 89.3 Å². The zero-order chi connectivity index (χ0) is 11.1. The lowest BCUT2D eigenvalue weighted by molar-refractivity contribution is 0.0872. The summed E-state index contributed by atoms with van der Waals surface area (Å²) < 4.78 is 5.09. The van der Waals surface area contributed by atoms with Gasteiger partial charge in [-0.2, -0.15) is 0 Å². The first-order valence-electron chi connectivity index (χ1n) is 4.71. The molecule has 0 amide bonds. The minimum Gasteiger partial charge on any atom is -0.407 e. The van der Waals surface area contributed by atoms with Gasteiger partial charge in [-0.1, -0.05) is 18.2 Å². The van der Waals surface area contributed by atoms with Crippen LogP contribution in [0.3, 0.4) is 0 Å². The summed E-state index contributed by atoms with van der Waals surface area (Å²) in [5, 5.41) is 18.2. The molecule has 0 heterocycles. The monoisotopic (exact) mass is 206 g/mol. The summed E-state index contributed by atoms with van der Waals surface area (Å²) in [6.07, 6.45) is 2.62. The molecule has 0 aliphatic rings. The maximum Gasteiger partial charge on any atom is 0.140 e. The second kappa shape index (κ2) is 5.40. The van der Waals surface area contributed by atoms with Crippen molar-refractivity contribution in [3.63, 3.8) is 0 Å². The Bertz CT molecular complexity index is 346. The zero-order valence-corrected chi connectivity index (χ0v) is 8.60. The Balaban J connectivity index is 2.53. The lowest BCUT2D eigenvalue weighted by Crippen LogP contribution is -2.23. The van der Waals surface area contributed by atoms with Gasteiger partial charge in [0.2, 0.25) is 0 Å². The molecule has 80 valence electrons. The van der Waals surface area contributed by atoms with Gasteiger partial charge in [-0.15, -0.1) is 0 Å². The molecule has 0 fully saturated rings. The van der Waals surface area contributed by atoms with E-state index in [-0.39, 0.29) is 13.0 Å². The highest BCUT2D eigenvalue weighted by atomic mass is 16.5. The Kier molecular flexibility index (Phi) is 4.17. The second-order valence-corrected chi connectivity index (χ2v) is 3.39. The molecular weight excluding hydrogens is 192 g/mol. The predicted molar refractivity (Wildman–Crippen MR) is 57.2 cm³/mol. The highest BCUT2D eigenvalue weighted by Crippen LogP contribution is 2.09. The lowest BCUT2D eigenvalue weighted by atomic mass is 10.1. The van der Waals surface area contributed by atoms with Crippen molar-refractivity contribution in [3.8, 4) is 17.8 Å². The maximum absolute atomic E-state index is 9.58. The van der Waals surface area contributed by atoms with Gasteiger partial charge in [-0.25, -0.2) is 0 Å². The van der Waals surface area contributed by atoms with Crippen molar-refractivity contribution in [3.05, 3.63) is 30.3 Å². The van der Waals surface area contributed by atoms with Crippen LogP contribution in [0.5, 0.6) is 5.75 Å². The summed E-state index contributed by atoms with van der Waals surface area (Å²) in [5.74, 6) is 3.16. The van der Waals surface area contributed by atoms with Crippen molar-refractivity contribution in [2.24, 2.45) is 0 Å². The summed E-state index contributed by atoms with van der Waals surface area (Å²) in [7, 11) is 0. The minimum absolute atomic E-state index is 0.104. The van der Waals surface area contributed by atoms with Crippen LogP contribution in [-0.2, 0) is 0 Å². The van der Waals surface area contributed by atoms with Crippen molar-refractivity contribution in [2.75, 3.05) is 6.61 Å². The van der Waals surface area contributed by atoms with E-state index in [1.54, 1.807) is 12.1 Å². The molecule has 0 bridgehead atoms. The Morgan fingerprint density at radius 1 is 1.33 bits per heavy atom. The zero-order valence-electron chi connectivity index (χ0n) is 8.60.